The van der Waals surface area contributed by atoms with E-state index in [2.05, 4.69) is 5.32 Å². The molecular weight excluding hydrogens is 387 g/mol. The highest BCUT2D eigenvalue weighted by atomic mass is 16.7. The van der Waals surface area contributed by atoms with Crippen LogP contribution in [0.3, 0.4) is 0 Å². The average molecular weight is 418 g/mol. The number of nitrogens with two attached hydrogens (primary N) is 1. The van der Waals surface area contributed by atoms with Gasteiger partial charge in [-0.05, 0) is 65.6 Å². The molecule has 1 aliphatic rings. The van der Waals surface area contributed by atoms with Gasteiger partial charge in [0.25, 0.3) is 0 Å². The Morgan fingerprint density at radius 3 is 2.27 bits per heavy atom. The first-order chi connectivity index (χ1) is 13.6. The summed E-state index contributed by atoms with van der Waals surface area (Å²) in [6, 6.07) is 4.82. The minimum atomic E-state index is -1.15. The number of hydrogen-bond donors (Lipinski definition) is 3. The number of rotatable bonds is 5. The maximum atomic E-state index is 12.2. The molecule has 9 heteroatoms. The van der Waals surface area contributed by atoms with Crippen LogP contribution in [0.2, 0.25) is 0 Å². The summed E-state index contributed by atoms with van der Waals surface area (Å²) in [5.74, 6) is -1.15. The Morgan fingerprint density at radius 2 is 1.77 bits per heavy atom. The highest BCUT2D eigenvalue weighted by molar-refractivity contribution is 6.56. The smallest absolute Gasteiger partial charge is 0.478 e. The van der Waals surface area contributed by atoms with E-state index in [1.165, 1.54) is 6.07 Å². The van der Waals surface area contributed by atoms with Crippen LogP contribution in [0.25, 0.3) is 6.08 Å². The number of benzene rings is 1. The molecular formula is C21H31BN2O6. The van der Waals surface area contributed by atoms with Gasteiger partial charge in [0.1, 0.15) is 5.60 Å². The molecule has 0 aliphatic carbocycles. The number of carboxylic acids is 1. The molecule has 30 heavy (non-hydrogen) atoms. The molecule has 1 amide bonds. The lowest BCUT2D eigenvalue weighted by Crippen LogP contribution is -2.41. The molecule has 8 nitrogen and oxygen atoms in total. The lowest BCUT2D eigenvalue weighted by atomic mass is 9.76. The lowest BCUT2D eigenvalue weighted by molar-refractivity contribution is 0.00578. The molecule has 1 aromatic carbocycles. The van der Waals surface area contributed by atoms with Gasteiger partial charge < -0.3 is 30.2 Å². The van der Waals surface area contributed by atoms with Crippen molar-refractivity contribution >= 4 is 30.9 Å². The van der Waals surface area contributed by atoms with Crippen molar-refractivity contribution in [3.05, 3.63) is 34.8 Å². The molecule has 1 heterocycles. The van der Waals surface area contributed by atoms with Crippen LogP contribution in [0, 0.1) is 0 Å². The van der Waals surface area contributed by atoms with Crippen molar-refractivity contribution < 1.29 is 28.7 Å². The van der Waals surface area contributed by atoms with Crippen molar-refractivity contribution in [2.24, 2.45) is 0 Å². The number of carboxylic acid groups (broad SMARTS) is 1. The molecule has 0 saturated carbocycles. The van der Waals surface area contributed by atoms with Gasteiger partial charge >= 0.3 is 19.2 Å². The summed E-state index contributed by atoms with van der Waals surface area (Å²) in [6.45, 7) is 13.0. The number of nitrogens with one attached hydrogen (secondary N) is 1. The molecule has 1 saturated heterocycles. The largest absolute Gasteiger partial charge is 0.492 e. The van der Waals surface area contributed by atoms with E-state index in [1.807, 2.05) is 27.7 Å². The van der Waals surface area contributed by atoms with Gasteiger partial charge in [-0.2, -0.15) is 0 Å². The fourth-order valence-electron chi connectivity index (χ4n) is 2.84. The SMILES string of the molecule is CC(C)(C)OC(=O)NCC(=Cc1cccc(N)c1C(=O)O)B1OC(C)(C)C(C)(C)O1. The third-order valence-electron chi connectivity index (χ3n) is 5.08. The normalized spacial score (nSPS) is 18.2. The maximum Gasteiger partial charge on any atom is 0.492 e. The molecule has 0 spiro atoms. The molecule has 4 N–H and O–H groups in total. The first-order valence-electron chi connectivity index (χ1n) is 9.78. The summed E-state index contributed by atoms with van der Waals surface area (Å²) in [6.07, 6.45) is 1.02. The molecule has 1 fully saturated rings. The van der Waals surface area contributed by atoms with Gasteiger partial charge in [-0.3, -0.25) is 0 Å². The van der Waals surface area contributed by atoms with Crippen molar-refractivity contribution in [2.75, 3.05) is 12.3 Å². The summed E-state index contributed by atoms with van der Waals surface area (Å²) in [5, 5.41) is 12.3. The van der Waals surface area contributed by atoms with E-state index in [9.17, 15) is 14.7 Å². The summed E-state index contributed by atoms with van der Waals surface area (Å²) in [5.41, 5.74) is 5.05. The summed E-state index contributed by atoms with van der Waals surface area (Å²) < 4.78 is 17.5. The standard InChI is InChI=1S/C21H31BN2O6/c1-19(2,3)28-18(27)24-12-14(22-29-20(4,5)21(6,7)30-22)11-13-9-8-10-15(23)16(13)17(25)26/h8-11H,12,23H2,1-7H3,(H,24,27)(H,25,26). The number of ether oxygens (including phenoxy) is 1. The summed E-state index contributed by atoms with van der Waals surface area (Å²) >= 11 is 0. The van der Waals surface area contributed by atoms with E-state index in [0.29, 0.717) is 11.0 Å². The second-order valence-corrected chi connectivity index (χ2v) is 9.28. The van der Waals surface area contributed by atoms with Crippen LogP contribution in [-0.4, -0.2) is 47.6 Å². The van der Waals surface area contributed by atoms with Gasteiger partial charge in [0.15, 0.2) is 0 Å². The predicted molar refractivity (Wildman–Crippen MR) is 116 cm³/mol. The van der Waals surface area contributed by atoms with Crippen molar-refractivity contribution in [3.8, 4) is 0 Å². The van der Waals surface area contributed by atoms with Crippen molar-refractivity contribution in [1.82, 2.24) is 5.32 Å². The van der Waals surface area contributed by atoms with Crippen molar-refractivity contribution in [3.63, 3.8) is 0 Å². The number of amides is 1. The quantitative estimate of drug-likeness (QED) is 0.494. The van der Waals surface area contributed by atoms with Crippen molar-refractivity contribution in [1.29, 1.82) is 0 Å². The van der Waals surface area contributed by atoms with Gasteiger partial charge in [0.05, 0.1) is 16.8 Å². The monoisotopic (exact) mass is 418 g/mol. The lowest BCUT2D eigenvalue weighted by Gasteiger charge is -2.32. The molecule has 164 valence electrons. The van der Waals surface area contributed by atoms with Crippen LogP contribution in [0.1, 0.15) is 64.4 Å². The number of carbonyl (C=O) groups is 2. The molecule has 2 rings (SSSR count). The molecule has 0 aromatic heterocycles. The number of hydrogen-bond acceptors (Lipinski definition) is 6. The number of aromatic carboxylic acids is 1. The zero-order valence-electron chi connectivity index (χ0n) is 18.7. The molecule has 1 aromatic rings. The van der Waals surface area contributed by atoms with E-state index in [-0.39, 0.29) is 17.8 Å². The van der Waals surface area contributed by atoms with Crippen molar-refractivity contribution in [2.45, 2.75) is 65.3 Å². The van der Waals surface area contributed by atoms with Crippen LogP contribution in [0.4, 0.5) is 10.5 Å². The fourth-order valence-corrected chi connectivity index (χ4v) is 2.84. The van der Waals surface area contributed by atoms with Crippen LogP contribution in [-0.2, 0) is 14.0 Å². The van der Waals surface area contributed by atoms with Gasteiger partial charge in [-0.25, -0.2) is 9.59 Å². The maximum absolute atomic E-state index is 12.2. The second-order valence-electron chi connectivity index (χ2n) is 9.28. The highest BCUT2D eigenvalue weighted by Gasteiger charge is 2.52. The highest BCUT2D eigenvalue weighted by Crippen LogP contribution is 2.39. The van der Waals surface area contributed by atoms with Gasteiger partial charge in [0, 0.05) is 12.2 Å². The summed E-state index contributed by atoms with van der Waals surface area (Å²) in [7, 11) is -0.784. The number of nitrogen functional groups attached to an aromatic ring is 1. The summed E-state index contributed by atoms with van der Waals surface area (Å²) in [4.78, 5) is 23.9. The number of alkyl carbamates (subject to hydrolysis) is 1. The Labute approximate surface area is 177 Å². The van der Waals surface area contributed by atoms with Crippen LogP contribution in [0.5, 0.6) is 0 Å². The zero-order chi connectivity index (χ0) is 22.9. The first kappa shape index (κ1) is 23.8. The Morgan fingerprint density at radius 1 is 1.20 bits per heavy atom. The Kier molecular flexibility index (Phi) is 6.59. The van der Waals surface area contributed by atoms with Crippen LogP contribution < -0.4 is 11.1 Å². The van der Waals surface area contributed by atoms with E-state index >= 15 is 0 Å². The Hall–Kier alpha value is -2.52. The topological polar surface area (TPSA) is 120 Å². The molecule has 1 aliphatic heterocycles. The Balaban J connectivity index is 2.40. The molecule has 0 unspecified atom stereocenters. The first-order valence-corrected chi connectivity index (χ1v) is 9.78. The molecule has 0 bridgehead atoms. The fraction of sp³-hybridized carbons (Fsp3) is 0.524. The predicted octanol–water partition coefficient (Wildman–Crippen LogP) is 3.51. The van der Waals surface area contributed by atoms with E-state index < -0.39 is 36.0 Å². The number of carbonyl (C=O) groups excluding carboxylic acids is 1. The molecule has 0 radical (unpaired) electrons. The average Bonchev–Trinajstić information content (AvgIpc) is 2.77. The van der Waals surface area contributed by atoms with Crippen LogP contribution in [0.15, 0.2) is 23.7 Å². The Bertz CT molecular complexity index is 842. The zero-order valence-corrected chi connectivity index (χ0v) is 18.7. The minimum Gasteiger partial charge on any atom is -0.478 e. The second kappa shape index (κ2) is 8.31. The van der Waals surface area contributed by atoms with Gasteiger partial charge in [-0.1, -0.05) is 18.2 Å². The minimum absolute atomic E-state index is 0.0243. The van der Waals surface area contributed by atoms with Gasteiger partial charge in [0.2, 0.25) is 0 Å². The van der Waals surface area contributed by atoms with Gasteiger partial charge in [-0.15, -0.1) is 0 Å². The van der Waals surface area contributed by atoms with E-state index in [0.717, 1.165) is 0 Å². The van der Waals surface area contributed by atoms with E-state index in [1.54, 1.807) is 39.0 Å². The third kappa shape index (κ3) is 5.55. The third-order valence-corrected chi connectivity index (χ3v) is 5.08. The van der Waals surface area contributed by atoms with Crippen LogP contribution >= 0.6 is 0 Å². The molecule has 0 atom stereocenters. The number of anilines is 1. The van der Waals surface area contributed by atoms with E-state index in [4.69, 9.17) is 19.8 Å².